The third kappa shape index (κ3) is 6.07. The van der Waals surface area contributed by atoms with Crippen LogP contribution in [0.5, 0.6) is 5.75 Å². The van der Waals surface area contributed by atoms with Crippen LogP contribution in [0.2, 0.25) is 5.02 Å². The first-order valence-corrected chi connectivity index (χ1v) is 12.7. The van der Waals surface area contributed by atoms with Gasteiger partial charge < -0.3 is 14.8 Å². The molecule has 0 bridgehead atoms. The number of ether oxygens (including phenoxy) is 2. The van der Waals surface area contributed by atoms with Gasteiger partial charge in [-0.1, -0.05) is 41.9 Å². The van der Waals surface area contributed by atoms with E-state index in [-0.39, 0.29) is 41.1 Å². The summed E-state index contributed by atoms with van der Waals surface area (Å²) in [5.41, 5.74) is 1.24. The Hall–Kier alpha value is -3.24. The van der Waals surface area contributed by atoms with Crippen molar-refractivity contribution in [2.45, 2.75) is 4.90 Å². The van der Waals surface area contributed by atoms with E-state index >= 15 is 0 Å². The van der Waals surface area contributed by atoms with Crippen LogP contribution in [-0.2, 0) is 19.6 Å². The number of rotatable bonds is 8. The van der Waals surface area contributed by atoms with Crippen LogP contribution in [0.1, 0.15) is 15.9 Å². The zero-order valence-electron chi connectivity index (χ0n) is 18.6. The van der Waals surface area contributed by atoms with Gasteiger partial charge >= 0.3 is 0 Å². The molecule has 10 heteroatoms. The summed E-state index contributed by atoms with van der Waals surface area (Å²) in [5.74, 6) is -0.229. The number of carbonyl (C=O) groups is 2. The molecule has 4 rings (SSSR count). The molecule has 3 aromatic carbocycles. The van der Waals surface area contributed by atoms with E-state index in [2.05, 4.69) is 5.32 Å². The molecular weight excluding hydrogens is 492 g/mol. The first-order valence-electron chi connectivity index (χ1n) is 10.8. The number of carbonyl (C=O) groups excluding carboxylic acids is 2. The molecule has 8 nitrogen and oxygen atoms in total. The van der Waals surface area contributed by atoms with Crippen molar-refractivity contribution in [1.82, 2.24) is 4.31 Å². The summed E-state index contributed by atoms with van der Waals surface area (Å²) >= 11 is 6.18. The van der Waals surface area contributed by atoms with E-state index in [0.717, 1.165) is 0 Å². The van der Waals surface area contributed by atoms with E-state index in [4.69, 9.17) is 21.1 Å². The van der Waals surface area contributed by atoms with Gasteiger partial charge in [0.25, 0.3) is 5.91 Å². The molecule has 35 heavy (non-hydrogen) atoms. The fourth-order valence-corrected chi connectivity index (χ4v) is 5.09. The lowest BCUT2D eigenvalue weighted by Gasteiger charge is -2.26. The number of morpholine rings is 1. The molecule has 1 heterocycles. The molecule has 1 amide bonds. The smallest absolute Gasteiger partial charge is 0.262 e. The van der Waals surface area contributed by atoms with Crippen LogP contribution < -0.4 is 10.1 Å². The predicted octanol–water partition coefficient (Wildman–Crippen LogP) is 3.61. The van der Waals surface area contributed by atoms with E-state index in [1.807, 2.05) is 6.07 Å². The molecule has 0 atom stereocenters. The van der Waals surface area contributed by atoms with Crippen molar-refractivity contribution in [3.63, 3.8) is 0 Å². The normalized spacial score (nSPS) is 14.3. The Morgan fingerprint density at radius 1 is 0.943 bits per heavy atom. The highest BCUT2D eigenvalue weighted by Crippen LogP contribution is 2.27. The SMILES string of the molecule is O=C(COc1ccc(C(=O)c2ccccc2)cc1)Nc1cc(S(=O)(=O)N2CCOCC2)ccc1Cl. The minimum atomic E-state index is -3.74. The van der Waals surface area contributed by atoms with Crippen LogP contribution in [0.3, 0.4) is 0 Å². The number of amides is 1. The second kappa shape index (κ2) is 11.0. The summed E-state index contributed by atoms with van der Waals surface area (Å²) in [6.07, 6.45) is 0. The molecular formula is C25H23ClN2O6S. The number of halogens is 1. The number of nitrogens with zero attached hydrogens (tertiary/aromatic N) is 1. The Morgan fingerprint density at radius 3 is 2.29 bits per heavy atom. The van der Waals surface area contributed by atoms with Gasteiger partial charge in [0.05, 0.1) is 28.8 Å². The molecule has 1 aliphatic rings. The van der Waals surface area contributed by atoms with Crippen molar-refractivity contribution < 1.29 is 27.5 Å². The average Bonchev–Trinajstić information content (AvgIpc) is 2.89. The van der Waals surface area contributed by atoms with Gasteiger partial charge in [-0.25, -0.2) is 8.42 Å². The molecule has 0 radical (unpaired) electrons. The van der Waals surface area contributed by atoms with Crippen LogP contribution in [0.25, 0.3) is 0 Å². The lowest BCUT2D eigenvalue weighted by Crippen LogP contribution is -2.40. The van der Waals surface area contributed by atoms with E-state index in [0.29, 0.717) is 30.1 Å². The Morgan fingerprint density at radius 2 is 1.60 bits per heavy atom. The van der Waals surface area contributed by atoms with Crippen LogP contribution in [0.4, 0.5) is 5.69 Å². The standard InChI is InChI=1S/C25H23ClN2O6S/c26-22-11-10-21(35(31,32)28-12-14-33-15-13-28)16-23(22)27-24(29)17-34-20-8-6-19(7-9-20)25(30)18-4-2-1-3-5-18/h1-11,16H,12-15,17H2,(H,27,29). The van der Waals surface area contributed by atoms with Gasteiger partial charge in [0.1, 0.15) is 5.75 Å². The van der Waals surface area contributed by atoms with Crippen molar-refractivity contribution in [1.29, 1.82) is 0 Å². The third-order valence-corrected chi connectivity index (χ3v) is 7.57. The van der Waals surface area contributed by atoms with Gasteiger partial charge in [-0.05, 0) is 42.5 Å². The number of benzene rings is 3. The molecule has 1 N–H and O–H groups in total. The Kier molecular flexibility index (Phi) is 7.82. The zero-order chi connectivity index (χ0) is 24.8. The number of nitrogens with one attached hydrogen (secondary N) is 1. The van der Waals surface area contributed by atoms with Gasteiger partial charge in [-0.2, -0.15) is 4.31 Å². The summed E-state index contributed by atoms with van der Waals surface area (Å²) in [7, 11) is -3.74. The van der Waals surface area contributed by atoms with Crippen molar-refractivity contribution >= 4 is 39.0 Å². The van der Waals surface area contributed by atoms with E-state index in [1.165, 1.54) is 22.5 Å². The first kappa shape index (κ1) is 24.9. The molecule has 0 spiro atoms. The highest BCUT2D eigenvalue weighted by Gasteiger charge is 2.27. The maximum Gasteiger partial charge on any atom is 0.262 e. The number of sulfonamides is 1. The second-order valence-electron chi connectivity index (χ2n) is 7.71. The summed E-state index contributed by atoms with van der Waals surface area (Å²) < 4.78 is 37.8. The fourth-order valence-electron chi connectivity index (χ4n) is 3.49. The minimum Gasteiger partial charge on any atom is -0.484 e. The molecule has 0 aromatic heterocycles. The summed E-state index contributed by atoms with van der Waals surface area (Å²) in [5, 5.41) is 2.79. The monoisotopic (exact) mass is 514 g/mol. The maximum absolute atomic E-state index is 12.9. The summed E-state index contributed by atoms with van der Waals surface area (Å²) in [4.78, 5) is 25.0. The molecule has 3 aromatic rings. The van der Waals surface area contributed by atoms with Gasteiger partial charge in [0, 0.05) is 24.2 Å². The number of hydrogen-bond acceptors (Lipinski definition) is 6. The van der Waals surface area contributed by atoms with E-state index in [9.17, 15) is 18.0 Å². The Labute approximate surface area is 208 Å². The molecule has 1 saturated heterocycles. The minimum absolute atomic E-state index is 0.0266. The highest BCUT2D eigenvalue weighted by molar-refractivity contribution is 7.89. The van der Waals surface area contributed by atoms with Crippen LogP contribution in [-0.4, -0.2) is 57.3 Å². The Balaban J connectivity index is 1.37. The van der Waals surface area contributed by atoms with Crippen molar-refractivity contribution in [2.75, 3.05) is 38.2 Å². The van der Waals surface area contributed by atoms with Crippen molar-refractivity contribution in [2.24, 2.45) is 0 Å². The molecule has 0 unspecified atom stereocenters. The van der Waals surface area contributed by atoms with E-state index in [1.54, 1.807) is 48.5 Å². The van der Waals surface area contributed by atoms with Crippen LogP contribution in [0, 0.1) is 0 Å². The fraction of sp³-hybridized carbons (Fsp3) is 0.200. The molecule has 0 aliphatic carbocycles. The molecule has 1 fully saturated rings. The third-order valence-electron chi connectivity index (χ3n) is 5.34. The topological polar surface area (TPSA) is 102 Å². The maximum atomic E-state index is 12.9. The second-order valence-corrected chi connectivity index (χ2v) is 10.1. The molecule has 182 valence electrons. The first-order chi connectivity index (χ1) is 16.8. The summed E-state index contributed by atoms with van der Waals surface area (Å²) in [6, 6.07) is 19.5. The Bertz CT molecular complexity index is 1310. The van der Waals surface area contributed by atoms with Gasteiger partial charge in [-0.15, -0.1) is 0 Å². The molecule has 0 saturated carbocycles. The average molecular weight is 515 g/mol. The van der Waals surface area contributed by atoms with Crippen LogP contribution >= 0.6 is 11.6 Å². The molecule has 1 aliphatic heterocycles. The largest absolute Gasteiger partial charge is 0.484 e. The van der Waals surface area contributed by atoms with Gasteiger partial charge in [0.2, 0.25) is 10.0 Å². The number of hydrogen-bond donors (Lipinski definition) is 1. The highest BCUT2D eigenvalue weighted by atomic mass is 35.5. The number of anilines is 1. The number of ketones is 1. The lowest BCUT2D eigenvalue weighted by atomic mass is 10.0. The quantitative estimate of drug-likeness (QED) is 0.461. The van der Waals surface area contributed by atoms with Crippen molar-refractivity contribution in [3.8, 4) is 5.75 Å². The van der Waals surface area contributed by atoms with E-state index < -0.39 is 15.9 Å². The zero-order valence-corrected chi connectivity index (χ0v) is 20.2. The summed E-state index contributed by atoms with van der Waals surface area (Å²) in [6.45, 7) is 0.847. The van der Waals surface area contributed by atoms with Crippen LogP contribution in [0.15, 0.2) is 77.7 Å². The van der Waals surface area contributed by atoms with Gasteiger partial charge in [0.15, 0.2) is 12.4 Å². The van der Waals surface area contributed by atoms with Crippen molar-refractivity contribution in [3.05, 3.63) is 88.9 Å². The van der Waals surface area contributed by atoms with Gasteiger partial charge in [-0.3, -0.25) is 9.59 Å². The predicted molar refractivity (Wildman–Crippen MR) is 131 cm³/mol. The lowest BCUT2D eigenvalue weighted by molar-refractivity contribution is -0.118.